The summed E-state index contributed by atoms with van der Waals surface area (Å²) in [5.74, 6) is 0.213. The fraction of sp³-hybridized carbons (Fsp3) is 0.389. The number of rotatable bonds is 4. The molecule has 0 spiro atoms. The Kier molecular flexibility index (Phi) is 4.59. The van der Waals surface area contributed by atoms with Crippen LogP contribution in [0.5, 0.6) is 0 Å². The van der Waals surface area contributed by atoms with Crippen molar-refractivity contribution in [3.8, 4) is 0 Å². The van der Waals surface area contributed by atoms with E-state index in [9.17, 15) is 4.79 Å². The summed E-state index contributed by atoms with van der Waals surface area (Å²) in [6, 6.07) is 14.2. The van der Waals surface area contributed by atoms with Gasteiger partial charge in [0.2, 0.25) is 5.91 Å². The standard InChI is InChI=1S/C18H22N2O2/c1-19-11-5-8-16(19)9-10-18(21)20-12-13-22-17(14-20)15-6-3-2-4-7-15/h2-8,11,17H,9-10,12-14H2,1H3/t17-/m1/s1. The second kappa shape index (κ2) is 6.79. The Morgan fingerprint density at radius 2 is 2.05 bits per heavy atom. The van der Waals surface area contributed by atoms with Gasteiger partial charge < -0.3 is 14.2 Å². The van der Waals surface area contributed by atoms with E-state index in [4.69, 9.17) is 4.74 Å². The summed E-state index contributed by atoms with van der Waals surface area (Å²) in [5, 5.41) is 0. The molecule has 0 saturated carbocycles. The van der Waals surface area contributed by atoms with E-state index in [-0.39, 0.29) is 12.0 Å². The van der Waals surface area contributed by atoms with Crippen molar-refractivity contribution in [3.05, 3.63) is 59.9 Å². The van der Waals surface area contributed by atoms with Gasteiger partial charge in [-0.2, -0.15) is 0 Å². The number of aromatic nitrogens is 1. The Bertz CT molecular complexity index is 621. The van der Waals surface area contributed by atoms with Crippen LogP contribution in [0, 0.1) is 0 Å². The number of nitrogens with zero attached hydrogens (tertiary/aromatic N) is 2. The van der Waals surface area contributed by atoms with E-state index < -0.39 is 0 Å². The molecule has 0 bridgehead atoms. The summed E-state index contributed by atoms with van der Waals surface area (Å²) in [6.45, 7) is 1.95. The van der Waals surface area contributed by atoms with Gasteiger partial charge in [-0.25, -0.2) is 0 Å². The minimum atomic E-state index is -0.00561. The monoisotopic (exact) mass is 298 g/mol. The predicted octanol–water partition coefficient (Wildman–Crippen LogP) is 2.56. The van der Waals surface area contributed by atoms with Gasteiger partial charge in [0.25, 0.3) is 0 Å². The Labute approximate surface area is 131 Å². The smallest absolute Gasteiger partial charge is 0.223 e. The number of aryl methyl sites for hydroxylation is 2. The predicted molar refractivity (Wildman–Crippen MR) is 85.4 cm³/mol. The maximum Gasteiger partial charge on any atom is 0.223 e. The first-order valence-electron chi connectivity index (χ1n) is 7.78. The highest BCUT2D eigenvalue weighted by Gasteiger charge is 2.25. The normalized spacial score (nSPS) is 18.4. The van der Waals surface area contributed by atoms with Crippen LogP contribution in [-0.2, 0) is 23.0 Å². The molecule has 1 aliphatic heterocycles. The summed E-state index contributed by atoms with van der Waals surface area (Å²) in [7, 11) is 2.01. The second-order valence-electron chi connectivity index (χ2n) is 5.72. The van der Waals surface area contributed by atoms with Gasteiger partial charge in [0, 0.05) is 31.9 Å². The molecule has 0 radical (unpaired) electrons. The van der Waals surface area contributed by atoms with Gasteiger partial charge in [0.1, 0.15) is 6.10 Å². The van der Waals surface area contributed by atoms with E-state index in [2.05, 4.69) is 22.8 Å². The lowest BCUT2D eigenvalue weighted by molar-refractivity contribution is -0.139. The van der Waals surface area contributed by atoms with E-state index >= 15 is 0 Å². The molecule has 2 heterocycles. The van der Waals surface area contributed by atoms with E-state index in [1.165, 1.54) is 5.69 Å². The molecule has 1 aromatic carbocycles. The van der Waals surface area contributed by atoms with Gasteiger partial charge >= 0.3 is 0 Å². The summed E-state index contributed by atoms with van der Waals surface area (Å²) in [5.41, 5.74) is 2.34. The zero-order chi connectivity index (χ0) is 15.4. The SMILES string of the molecule is Cn1cccc1CCC(=O)N1CCO[C@@H](c2ccccc2)C1. The molecule has 2 aromatic rings. The average molecular weight is 298 g/mol. The van der Waals surface area contributed by atoms with Crippen LogP contribution < -0.4 is 0 Å². The molecular formula is C18H22N2O2. The van der Waals surface area contributed by atoms with Crippen LogP contribution in [-0.4, -0.2) is 35.1 Å². The van der Waals surface area contributed by atoms with Crippen molar-refractivity contribution in [2.75, 3.05) is 19.7 Å². The minimum Gasteiger partial charge on any atom is -0.370 e. The zero-order valence-electron chi connectivity index (χ0n) is 12.9. The summed E-state index contributed by atoms with van der Waals surface area (Å²) >= 11 is 0. The molecule has 1 amide bonds. The van der Waals surface area contributed by atoms with Crippen molar-refractivity contribution in [2.45, 2.75) is 18.9 Å². The van der Waals surface area contributed by atoms with E-state index in [1.54, 1.807) is 0 Å². The Morgan fingerprint density at radius 1 is 1.23 bits per heavy atom. The Balaban J connectivity index is 1.57. The fourth-order valence-electron chi connectivity index (χ4n) is 2.89. The molecule has 1 aliphatic rings. The van der Waals surface area contributed by atoms with Crippen molar-refractivity contribution < 1.29 is 9.53 Å². The maximum atomic E-state index is 12.4. The molecule has 0 N–H and O–H groups in total. The third-order valence-electron chi connectivity index (χ3n) is 4.24. The highest BCUT2D eigenvalue weighted by Crippen LogP contribution is 2.22. The lowest BCUT2D eigenvalue weighted by Gasteiger charge is -2.33. The van der Waals surface area contributed by atoms with Gasteiger partial charge in [-0.15, -0.1) is 0 Å². The van der Waals surface area contributed by atoms with Gasteiger partial charge in [0.05, 0.1) is 13.2 Å². The summed E-state index contributed by atoms with van der Waals surface area (Å²) < 4.78 is 7.88. The molecule has 116 valence electrons. The van der Waals surface area contributed by atoms with Crippen molar-refractivity contribution in [2.24, 2.45) is 7.05 Å². The number of benzene rings is 1. The number of hydrogen-bond donors (Lipinski definition) is 0. The number of carbonyl (C=O) groups is 1. The highest BCUT2D eigenvalue weighted by atomic mass is 16.5. The molecule has 22 heavy (non-hydrogen) atoms. The number of carbonyl (C=O) groups excluding carboxylic acids is 1. The van der Waals surface area contributed by atoms with E-state index in [0.717, 1.165) is 12.0 Å². The molecule has 0 unspecified atom stereocenters. The number of hydrogen-bond acceptors (Lipinski definition) is 2. The highest BCUT2D eigenvalue weighted by molar-refractivity contribution is 5.76. The topological polar surface area (TPSA) is 34.5 Å². The number of ether oxygens (including phenoxy) is 1. The zero-order valence-corrected chi connectivity index (χ0v) is 12.9. The van der Waals surface area contributed by atoms with Crippen LogP contribution in [0.25, 0.3) is 0 Å². The van der Waals surface area contributed by atoms with Crippen LogP contribution in [0.3, 0.4) is 0 Å². The molecule has 4 heteroatoms. The first-order chi connectivity index (χ1) is 10.7. The quantitative estimate of drug-likeness (QED) is 0.869. The number of morpholine rings is 1. The Morgan fingerprint density at radius 3 is 2.77 bits per heavy atom. The van der Waals surface area contributed by atoms with Gasteiger partial charge in [-0.3, -0.25) is 4.79 Å². The first kappa shape index (κ1) is 14.9. The molecule has 3 rings (SSSR count). The third kappa shape index (κ3) is 3.39. The Hall–Kier alpha value is -2.07. The first-order valence-corrected chi connectivity index (χ1v) is 7.78. The van der Waals surface area contributed by atoms with Crippen molar-refractivity contribution in [3.63, 3.8) is 0 Å². The van der Waals surface area contributed by atoms with Crippen molar-refractivity contribution >= 4 is 5.91 Å². The van der Waals surface area contributed by atoms with E-state index in [1.807, 2.05) is 42.4 Å². The molecule has 4 nitrogen and oxygen atoms in total. The van der Waals surface area contributed by atoms with Crippen LogP contribution in [0.2, 0.25) is 0 Å². The van der Waals surface area contributed by atoms with Crippen LogP contribution in [0.15, 0.2) is 48.7 Å². The summed E-state index contributed by atoms with van der Waals surface area (Å²) in [4.78, 5) is 14.4. The fourth-order valence-corrected chi connectivity index (χ4v) is 2.89. The van der Waals surface area contributed by atoms with Crippen LogP contribution in [0.4, 0.5) is 0 Å². The van der Waals surface area contributed by atoms with Crippen LogP contribution >= 0.6 is 0 Å². The lowest BCUT2D eigenvalue weighted by Crippen LogP contribution is -2.42. The molecule has 1 atom stereocenters. The van der Waals surface area contributed by atoms with Crippen molar-refractivity contribution in [1.29, 1.82) is 0 Å². The molecule has 1 fully saturated rings. The van der Waals surface area contributed by atoms with Crippen LogP contribution in [0.1, 0.15) is 23.8 Å². The summed E-state index contributed by atoms with van der Waals surface area (Å²) in [6.07, 6.45) is 3.35. The molecular weight excluding hydrogens is 276 g/mol. The number of amides is 1. The third-order valence-corrected chi connectivity index (χ3v) is 4.24. The average Bonchev–Trinajstić information content (AvgIpc) is 2.99. The minimum absolute atomic E-state index is 0.00561. The molecule has 1 aromatic heterocycles. The van der Waals surface area contributed by atoms with Gasteiger partial charge in [-0.05, 0) is 24.1 Å². The second-order valence-corrected chi connectivity index (χ2v) is 5.72. The largest absolute Gasteiger partial charge is 0.370 e. The van der Waals surface area contributed by atoms with E-state index in [0.29, 0.717) is 26.1 Å². The molecule has 0 aliphatic carbocycles. The van der Waals surface area contributed by atoms with Gasteiger partial charge in [0.15, 0.2) is 0 Å². The van der Waals surface area contributed by atoms with Gasteiger partial charge in [-0.1, -0.05) is 30.3 Å². The molecule has 1 saturated heterocycles. The van der Waals surface area contributed by atoms with Crippen molar-refractivity contribution in [1.82, 2.24) is 9.47 Å². The maximum absolute atomic E-state index is 12.4. The lowest BCUT2D eigenvalue weighted by atomic mass is 10.1.